The lowest BCUT2D eigenvalue weighted by Crippen LogP contribution is -2.43. The van der Waals surface area contributed by atoms with Crippen LogP contribution in [0.1, 0.15) is 56.6 Å². The van der Waals surface area contributed by atoms with E-state index in [0.717, 1.165) is 48.2 Å². The van der Waals surface area contributed by atoms with E-state index in [9.17, 15) is 19.5 Å². The number of aryl methyl sites for hydroxylation is 1. The van der Waals surface area contributed by atoms with Crippen LogP contribution in [0.3, 0.4) is 0 Å². The van der Waals surface area contributed by atoms with E-state index in [-0.39, 0.29) is 54.6 Å². The number of amides is 2. The predicted molar refractivity (Wildman–Crippen MR) is 162 cm³/mol. The molecule has 3 aliphatic rings. The molecule has 5 atom stereocenters. The summed E-state index contributed by atoms with van der Waals surface area (Å²) >= 11 is 0. The molecule has 3 aliphatic heterocycles. The van der Waals surface area contributed by atoms with Crippen molar-refractivity contribution in [2.24, 2.45) is 11.0 Å². The first-order chi connectivity index (χ1) is 19.7. The summed E-state index contributed by atoms with van der Waals surface area (Å²) in [5.74, 6) is 0.151. The molecule has 0 bridgehead atoms. The number of hydrazone groups is 1. The third-order valence-electron chi connectivity index (χ3n) is 9.04. The van der Waals surface area contributed by atoms with Crippen molar-refractivity contribution >= 4 is 31.5 Å². The highest BCUT2D eigenvalue weighted by Gasteiger charge is 2.50. The average Bonchev–Trinajstić information content (AvgIpc) is 3.57. The Hall–Kier alpha value is -2.85. The second kappa shape index (κ2) is 12.6. The molecule has 5 rings (SSSR count). The molecule has 2 fully saturated rings. The van der Waals surface area contributed by atoms with Crippen LogP contribution in [0.25, 0.3) is 0 Å². The smallest absolute Gasteiger partial charge is 0.247 e. The van der Waals surface area contributed by atoms with Crippen molar-refractivity contribution < 1.29 is 24.2 Å². The van der Waals surface area contributed by atoms with Gasteiger partial charge in [-0.25, -0.2) is 5.01 Å². The van der Waals surface area contributed by atoms with Gasteiger partial charge in [-0.15, -0.1) is 0 Å². The van der Waals surface area contributed by atoms with Crippen LogP contribution in [0.2, 0.25) is 18.6 Å². The van der Waals surface area contributed by atoms with Gasteiger partial charge >= 0.3 is 0 Å². The number of aliphatic hydroxyl groups excluding tert-OH is 1. The number of carbonyl (C=O) groups is 2. The summed E-state index contributed by atoms with van der Waals surface area (Å²) in [7, 11) is -2.59. The van der Waals surface area contributed by atoms with Crippen LogP contribution in [-0.2, 0) is 20.7 Å². The lowest BCUT2D eigenvalue weighted by molar-refractivity contribution is -0.135. The molecule has 0 aromatic heterocycles. The van der Waals surface area contributed by atoms with Gasteiger partial charge in [-0.05, 0) is 68.0 Å². The Morgan fingerprint density at radius 2 is 1.80 bits per heavy atom. The molecule has 41 heavy (non-hydrogen) atoms. The van der Waals surface area contributed by atoms with E-state index in [1.54, 1.807) is 4.90 Å². The van der Waals surface area contributed by atoms with E-state index in [1.165, 1.54) is 5.01 Å². The van der Waals surface area contributed by atoms with Gasteiger partial charge in [0.25, 0.3) is 0 Å². The zero-order valence-electron chi connectivity index (χ0n) is 24.4. The summed E-state index contributed by atoms with van der Waals surface area (Å²) < 4.78 is 6.51. The minimum Gasteiger partial charge on any atom is -0.432 e. The molecule has 0 spiro atoms. The molecule has 0 radical (unpaired) electrons. The number of rotatable bonds is 9. The maximum absolute atomic E-state index is 13.2. The van der Waals surface area contributed by atoms with Crippen LogP contribution in [0, 0.1) is 5.92 Å². The number of likely N-dealkylation sites (tertiary alicyclic amines) is 1. The van der Waals surface area contributed by atoms with Gasteiger partial charge in [0.15, 0.2) is 8.32 Å². The van der Waals surface area contributed by atoms with Crippen molar-refractivity contribution in [1.29, 1.82) is 0 Å². The molecule has 0 unspecified atom stereocenters. The van der Waals surface area contributed by atoms with Crippen LogP contribution in [-0.4, -0.2) is 72.0 Å². The maximum atomic E-state index is 13.2. The maximum Gasteiger partial charge on any atom is 0.247 e. The van der Waals surface area contributed by atoms with Crippen molar-refractivity contribution in [2.75, 3.05) is 18.2 Å². The van der Waals surface area contributed by atoms with Gasteiger partial charge in [-0.3, -0.25) is 9.59 Å². The molecule has 2 amide bonds. The van der Waals surface area contributed by atoms with Crippen molar-refractivity contribution in [2.45, 2.75) is 88.8 Å². The molecule has 2 N–H and O–H groups in total. The normalized spacial score (nSPS) is 26.9. The van der Waals surface area contributed by atoms with Gasteiger partial charge in [0, 0.05) is 24.9 Å². The standard InChI is InChI=1S/C32H43N3O5Si/c1-22-28(40-29(32(22)41(2,3)39)20-31(38)34-19-7-10-26(34)21-36)17-13-23-11-14-25(15-12-23)35-30(37)18-16-27(33-35)24-8-5-4-6-9-24/h4-6,8-9,11-12,14-15,22,26,28-29,32,36,39H,7,10,13,16-21H2,1-3H3/t22-,26-,28+,29-,32+/m0/s1. The summed E-state index contributed by atoms with van der Waals surface area (Å²) in [5, 5.41) is 15.9. The first-order valence-electron chi connectivity index (χ1n) is 15.0. The van der Waals surface area contributed by atoms with Crippen molar-refractivity contribution in [1.82, 2.24) is 4.90 Å². The molecule has 0 saturated carbocycles. The molecule has 2 aromatic carbocycles. The monoisotopic (exact) mass is 577 g/mol. The number of aliphatic hydroxyl groups is 1. The highest BCUT2D eigenvalue weighted by Crippen LogP contribution is 2.46. The Labute approximate surface area is 244 Å². The fraction of sp³-hybridized carbons (Fsp3) is 0.531. The van der Waals surface area contributed by atoms with Crippen LogP contribution in [0.5, 0.6) is 0 Å². The van der Waals surface area contributed by atoms with Gasteiger partial charge in [0.1, 0.15) is 0 Å². The van der Waals surface area contributed by atoms with Crippen molar-refractivity contribution in [3.63, 3.8) is 0 Å². The highest BCUT2D eigenvalue weighted by atomic mass is 28.4. The van der Waals surface area contributed by atoms with E-state index >= 15 is 0 Å². The average molecular weight is 578 g/mol. The lowest BCUT2D eigenvalue weighted by atomic mass is 9.95. The number of hydrogen-bond donors (Lipinski definition) is 2. The van der Waals surface area contributed by atoms with E-state index < -0.39 is 8.32 Å². The van der Waals surface area contributed by atoms with Gasteiger partial charge < -0.3 is 19.5 Å². The number of benzene rings is 2. The summed E-state index contributed by atoms with van der Waals surface area (Å²) in [5.41, 5.74) is 3.81. The molecule has 2 saturated heterocycles. The summed E-state index contributed by atoms with van der Waals surface area (Å²) in [6.45, 7) is 6.69. The number of anilines is 1. The molecule has 2 aromatic rings. The minimum atomic E-state index is -2.59. The third-order valence-corrected chi connectivity index (χ3v) is 11.6. The van der Waals surface area contributed by atoms with Gasteiger partial charge in [0.2, 0.25) is 11.8 Å². The molecule has 220 valence electrons. The molecule has 3 heterocycles. The van der Waals surface area contributed by atoms with Crippen LogP contribution < -0.4 is 5.01 Å². The SMILES string of the molecule is C[C@@H]1[C@@H]([Si](C)(C)O)[C@H](CC(=O)N2CCC[C@H]2CO)O[C@@H]1CCc1ccc(N2N=C(c3ccccc3)CCC2=O)cc1. The molecule has 8 nitrogen and oxygen atoms in total. The van der Waals surface area contributed by atoms with Gasteiger partial charge in [-0.1, -0.05) is 49.4 Å². The van der Waals surface area contributed by atoms with Crippen molar-refractivity contribution in [3.05, 3.63) is 65.7 Å². The fourth-order valence-electron chi connectivity index (χ4n) is 6.96. The molecule has 0 aliphatic carbocycles. The quantitative estimate of drug-likeness (QED) is 0.428. The van der Waals surface area contributed by atoms with E-state index in [2.05, 4.69) is 12.0 Å². The molecule has 9 heteroatoms. The van der Waals surface area contributed by atoms with Crippen LogP contribution in [0.15, 0.2) is 59.7 Å². The van der Waals surface area contributed by atoms with Gasteiger partial charge in [-0.2, -0.15) is 5.10 Å². The van der Waals surface area contributed by atoms with E-state index in [4.69, 9.17) is 4.74 Å². The predicted octanol–water partition coefficient (Wildman–Crippen LogP) is 4.49. The largest absolute Gasteiger partial charge is 0.432 e. The summed E-state index contributed by atoms with van der Waals surface area (Å²) in [6, 6.07) is 17.9. The highest BCUT2D eigenvalue weighted by molar-refractivity contribution is 6.71. The number of nitrogens with zero attached hydrogens (tertiary/aromatic N) is 3. The second-order valence-electron chi connectivity index (χ2n) is 12.3. The first-order valence-corrected chi connectivity index (χ1v) is 18.0. The Bertz CT molecular complexity index is 1250. The van der Waals surface area contributed by atoms with E-state index in [0.29, 0.717) is 19.4 Å². The lowest BCUT2D eigenvalue weighted by Gasteiger charge is -2.31. The van der Waals surface area contributed by atoms with Crippen molar-refractivity contribution in [3.8, 4) is 0 Å². The summed E-state index contributed by atoms with van der Waals surface area (Å²) in [6.07, 6.45) is 4.29. The van der Waals surface area contributed by atoms with Gasteiger partial charge in [0.05, 0.1) is 42.7 Å². The zero-order chi connectivity index (χ0) is 29.1. The van der Waals surface area contributed by atoms with E-state index in [1.807, 2.05) is 67.7 Å². The Balaban J connectivity index is 1.23. The first kappa shape index (κ1) is 29.6. The molecular weight excluding hydrogens is 534 g/mol. The molecular formula is C32H43N3O5Si. The Kier molecular flexibility index (Phi) is 9.08. The topological polar surface area (TPSA) is 103 Å². The second-order valence-corrected chi connectivity index (χ2v) is 16.3. The zero-order valence-corrected chi connectivity index (χ0v) is 25.4. The summed E-state index contributed by atoms with van der Waals surface area (Å²) in [4.78, 5) is 38.8. The third kappa shape index (κ3) is 6.64. The Morgan fingerprint density at radius 1 is 1.07 bits per heavy atom. The Morgan fingerprint density at radius 3 is 2.49 bits per heavy atom. The number of hydrogen-bond acceptors (Lipinski definition) is 6. The number of ether oxygens (including phenoxy) is 1. The minimum absolute atomic E-state index is 0.00716. The van der Waals surface area contributed by atoms with Crippen LogP contribution >= 0.6 is 0 Å². The number of carbonyl (C=O) groups excluding carboxylic acids is 2. The fourth-order valence-corrected chi connectivity index (χ4v) is 9.56. The van der Waals surface area contributed by atoms with Crippen LogP contribution in [0.4, 0.5) is 5.69 Å².